The fraction of sp³-hybridized carbons (Fsp3) is 0.227. The van der Waals surface area contributed by atoms with Gasteiger partial charge in [-0.1, -0.05) is 12.2 Å². The molecule has 0 radical (unpaired) electrons. The van der Waals surface area contributed by atoms with Gasteiger partial charge >= 0.3 is 5.97 Å². The summed E-state index contributed by atoms with van der Waals surface area (Å²) in [5.41, 5.74) is -0.778. The molecule has 0 aliphatic heterocycles. The highest BCUT2D eigenvalue weighted by atomic mass is 32.2. The Morgan fingerprint density at radius 3 is 2.06 bits per heavy atom. The smallest absolute Gasteiger partial charge is 0.307 e. The summed E-state index contributed by atoms with van der Waals surface area (Å²) in [5, 5.41) is 13.8. The minimum absolute atomic E-state index is 0.0438. The quantitative estimate of drug-likeness (QED) is 0.232. The molecule has 174 valence electrons. The molecule has 6 nitrogen and oxygen atoms in total. The van der Waals surface area contributed by atoms with Crippen LogP contribution in [0.4, 0.5) is 28.9 Å². The molecule has 1 aliphatic carbocycles. The van der Waals surface area contributed by atoms with Crippen molar-refractivity contribution in [3.8, 4) is 0 Å². The largest absolute Gasteiger partial charge is 0.481 e. The first-order valence-electron chi connectivity index (χ1n) is 9.71. The van der Waals surface area contributed by atoms with Gasteiger partial charge in [-0.25, -0.2) is 17.6 Å². The number of thioether (sulfide) groups is 1. The number of aliphatic carboxylic acids is 1. The Balaban J connectivity index is 1.56. The molecule has 0 fully saturated rings. The molecule has 0 aromatic heterocycles. The molecule has 2 unspecified atom stereocenters. The lowest BCUT2D eigenvalue weighted by molar-refractivity contribution is -0.146. The van der Waals surface area contributed by atoms with E-state index in [2.05, 4.69) is 5.32 Å². The number of amides is 2. The Hall–Kier alpha value is -3.34. The van der Waals surface area contributed by atoms with Crippen LogP contribution in [0.3, 0.4) is 0 Å². The van der Waals surface area contributed by atoms with Crippen molar-refractivity contribution < 1.29 is 37.1 Å². The van der Waals surface area contributed by atoms with E-state index in [1.54, 1.807) is 36.4 Å². The van der Waals surface area contributed by atoms with E-state index in [4.69, 9.17) is 0 Å². The number of anilines is 2. The van der Waals surface area contributed by atoms with Gasteiger partial charge in [-0.15, -0.1) is 11.8 Å². The first-order valence-corrected chi connectivity index (χ1v) is 10.7. The fourth-order valence-corrected chi connectivity index (χ4v) is 3.95. The molecule has 2 atom stereocenters. The monoisotopic (exact) mass is 482 g/mol. The normalized spacial score (nSPS) is 17.5. The maximum atomic E-state index is 13.6. The number of hydrogen-bond acceptors (Lipinski definition) is 4. The third-order valence-electron chi connectivity index (χ3n) is 4.95. The summed E-state index contributed by atoms with van der Waals surface area (Å²) in [6.07, 6.45) is 4.10. The number of halogens is 4. The summed E-state index contributed by atoms with van der Waals surface area (Å²) in [6.45, 7) is 0. The number of carbonyl (C=O) groups is 3. The number of hydrogen-bond donors (Lipinski definition) is 3. The molecule has 2 amide bonds. The van der Waals surface area contributed by atoms with Crippen LogP contribution in [0, 0.1) is 35.1 Å². The molecule has 3 N–H and O–H groups in total. The zero-order chi connectivity index (χ0) is 24.1. The second kappa shape index (κ2) is 10.5. The number of carboxylic acids is 1. The number of rotatable bonds is 7. The van der Waals surface area contributed by atoms with E-state index < -0.39 is 58.6 Å². The van der Waals surface area contributed by atoms with Crippen LogP contribution in [-0.2, 0) is 14.4 Å². The number of carbonyl (C=O) groups excluding carboxylic acids is 2. The van der Waals surface area contributed by atoms with E-state index in [-0.39, 0.29) is 18.2 Å². The molecule has 1 aliphatic rings. The summed E-state index contributed by atoms with van der Waals surface area (Å²) in [4.78, 5) is 36.4. The van der Waals surface area contributed by atoms with Crippen LogP contribution in [0.5, 0.6) is 0 Å². The van der Waals surface area contributed by atoms with Gasteiger partial charge in [0.2, 0.25) is 11.8 Å². The highest BCUT2D eigenvalue weighted by Gasteiger charge is 2.33. The molecule has 33 heavy (non-hydrogen) atoms. The van der Waals surface area contributed by atoms with Crippen LogP contribution in [0.25, 0.3) is 0 Å². The fourth-order valence-electron chi connectivity index (χ4n) is 3.25. The van der Waals surface area contributed by atoms with Gasteiger partial charge < -0.3 is 15.7 Å². The topological polar surface area (TPSA) is 95.5 Å². The Morgan fingerprint density at radius 2 is 1.48 bits per heavy atom. The molecule has 0 heterocycles. The van der Waals surface area contributed by atoms with Crippen LogP contribution >= 0.6 is 11.8 Å². The molecule has 0 saturated carbocycles. The van der Waals surface area contributed by atoms with Crippen molar-refractivity contribution in [2.45, 2.75) is 17.7 Å². The predicted molar refractivity (Wildman–Crippen MR) is 114 cm³/mol. The van der Waals surface area contributed by atoms with E-state index >= 15 is 0 Å². The minimum Gasteiger partial charge on any atom is -0.481 e. The van der Waals surface area contributed by atoms with Gasteiger partial charge in [-0.05, 0) is 37.1 Å². The van der Waals surface area contributed by atoms with E-state index in [1.165, 1.54) is 0 Å². The summed E-state index contributed by atoms with van der Waals surface area (Å²) in [6, 6.07) is 6.29. The molecule has 2 aromatic carbocycles. The Kier molecular flexibility index (Phi) is 7.75. The van der Waals surface area contributed by atoms with Crippen molar-refractivity contribution in [3.05, 3.63) is 65.8 Å². The minimum atomic E-state index is -1.70. The number of carboxylic acid groups (broad SMARTS) is 1. The second-order valence-corrected chi connectivity index (χ2v) is 8.24. The van der Waals surface area contributed by atoms with Crippen LogP contribution in [0.15, 0.2) is 47.4 Å². The maximum Gasteiger partial charge on any atom is 0.307 e. The van der Waals surface area contributed by atoms with Crippen molar-refractivity contribution >= 4 is 40.9 Å². The van der Waals surface area contributed by atoms with Crippen LogP contribution in [0.2, 0.25) is 0 Å². The molecular weight excluding hydrogens is 464 g/mol. The molecule has 0 spiro atoms. The van der Waals surface area contributed by atoms with Gasteiger partial charge in [0.05, 0.1) is 17.6 Å². The summed E-state index contributed by atoms with van der Waals surface area (Å²) >= 11 is 0.984. The van der Waals surface area contributed by atoms with Gasteiger partial charge in [0.1, 0.15) is 5.69 Å². The number of benzene rings is 2. The number of allylic oxidation sites excluding steroid dienone is 2. The number of nitrogens with one attached hydrogen (secondary N) is 2. The van der Waals surface area contributed by atoms with Crippen molar-refractivity contribution in [2.24, 2.45) is 11.8 Å². The molecular formula is C22H18F4N2O4S. The van der Waals surface area contributed by atoms with E-state index in [0.29, 0.717) is 17.0 Å². The van der Waals surface area contributed by atoms with Crippen molar-refractivity contribution in [1.82, 2.24) is 0 Å². The van der Waals surface area contributed by atoms with Crippen molar-refractivity contribution in [1.29, 1.82) is 0 Å². The molecule has 2 aromatic rings. The van der Waals surface area contributed by atoms with Crippen LogP contribution < -0.4 is 10.6 Å². The van der Waals surface area contributed by atoms with Crippen molar-refractivity contribution in [2.75, 3.05) is 16.4 Å². The van der Waals surface area contributed by atoms with Gasteiger partial charge in [0.15, 0.2) is 23.3 Å². The lowest BCUT2D eigenvalue weighted by atomic mass is 9.82. The predicted octanol–water partition coefficient (Wildman–Crippen LogP) is 4.58. The Morgan fingerprint density at radius 1 is 0.909 bits per heavy atom. The molecule has 0 saturated heterocycles. The second-order valence-electron chi connectivity index (χ2n) is 7.19. The third kappa shape index (κ3) is 5.92. The maximum absolute atomic E-state index is 13.6. The van der Waals surface area contributed by atoms with Gasteiger partial charge in [-0.3, -0.25) is 14.4 Å². The SMILES string of the molecule is O=C(CSc1ccc(NC(=O)C2CC=CCC2C(=O)O)cc1)Nc1c(F)c(F)cc(F)c1F. The first-order chi connectivity index (χ1) is 15.7. The van der Waals surface area contributed by atoms with Gasteiger partial charge in [0, 0.05) is 16.6 Å². The highest BCUT2D eigenvalue weighted by Crippen LogP contribution is 2.28. The average Bonchev–Trinajstić information content (AvgIpc) is 2.80. The lowest BCUT2D eigenvalue weighted by Gasteiger charge is -2.24. The standard InChI is InChI=1S/C22H18F4N2O4S/c23-15-9-16(24)19(26)20(18(15)25)28-17(29)10-33-12-7-5-11(6-8-12)27-21(30)13-3-1-2-4-14(13)22(31)32/h1-2,5-9,13-14H,3-4,10H2,(H,27,30)(H,28,29)(H,31,32). The third-order valence-corrected chi connectivity index (χ3v) is 5.97. The Bertz CT molecular complexity index is 1080. The lowest BCUT2D eigenvalue weighted by Crippen LogP contribution is -2.34. The zero-order valence-electron chi connectivity index (χ0n) is 16.9. The molecule has 0 bridgehead atoms. The van der Waals surface area contributed by atoms with E-state index in [9.17, 15) is 37.1 Å². The zero-order valence-corrected chi connectivity index (χ0v) is 17.7. The van der Waals surface area contributed by atoms with Crippen LogP contribution in [-0.4, -0.2) is 28.6 Å². The highest BCUT2D eigenvalue weighted by molar-refractivity contribution is 8.00. The molecule has 3 rings (SSSR count). The first kappa shape index (κ1) is 24.3. The van der Waals surface area contributed by atoms with E-state index in [0.717, 1.165) is 11.8 Å². The van der Waals surface area contributed by atoms with Gasteiger partial charge in [-0.2, -0.15) is 0 Å². The summed E-state index contributed by atoms with van der Waals surface area (Å²) < 4.78 is 53.7. The van der Waals surface area contributed by atoms with Crippen LogP contribution in [0.1, 0.15) is 12.8 Å². The summed E-state index contributed by atoms with van der Waals surface area (Å²) in [7, 11) is 0. The van der Waals surface area contributed by atoms with Crippen molar-refractivity contribution in [3.63, 3.8) is 0 Å². The van der Waals surface area contributed by atoms with E-state index in [1.807, 2.05) is 5.32 Å². The summed E-state index contributed by atoms with van der Waals surface area (Å²) in [5.74, 6) is -10.8. The average molecular weight is 482 g/mol. The Labute approximate surface area is 190 Å². The molecule has 11 heteroatoms. The van der Waals surface area contributed by atoms with Gasteiger partial charge in [0.25, 0.3) is 0 Å².